The van der Waals surface area contributed by atoms with Crippen LogP contribution in [0.25, 0.3) is 0 Å². The van der Waals surface area contributed by atoms with Gasteiger partial charge in [-0.25, -0.2) is 0 Å². The molecule has 0 unspecified atom stereocenters. The Bertz CT molecular complexity index is 902. The molecule has 0 bridgehead atoms. The Morgan fingerprint density at radius 1 is 1.27 bits per heavy atom. The second kappa shape index (κ2) is 8.91. The molecule has 4 heterocycles. The molecule has 0 aromatic carbocycles. The maximum Gasteiger partial charge on any atom is 0.255 e. The highest BCUT2D eigenvalue weighted by Gasteiger charge is 2.36. The lowest BCUT2D eigenvalue weighted by molar-refractivity contribution is -0.137. The number of rotatable bonds is 6. The number of carbonyl (C=O) groups is 2. The quantitative estimate of drug-likeness (QED) is 0.706. The van der Waals surface area contributed by atoms with Gasteiger partial charge in [0.1, 0.15) is 0 Å². The largest absolute Gasteiger partial charge is 0.381 e. The Kier molecular flexibility index (Phi) is 6.08. The minimum atomic E-state index is -0.0233. The summed E-state index contributed by atoms with van der Waals surface area (Å²) in [5, 5.41) is 4.05. The van der Waals surface area contributed by atoms with E-state index in [1.807, 2.05) is 20.0 Å². The van der Waals surface area contributed by atoms with E-state index in [0.29, 0.717) is 56.5 Å². The van der Waals surface area contributed by atoms with E-state index in [4.69, 9.17) is 9.26 Å². The van der Waals surface area contributed by atoms with Gasteiger partial charge in [0, 0.05) is 64.6 Å². The molecule has 0 N–H and O–H groups in total. The van der Waals surface area contributed by atoms with Crippen molar-refractivity contribution in [2.24, 2.45) is 5.92 Å². The number of aryl methyl sites for hydroxylation is 1. The smallest absolute Gasteiger partial charge is 0.255 e. The molecule has 30 heavy (non-hydrogen) atoms. The van der Waals surface area contributed by atoms with Gasteiger partial charge in [0.15, 0.2) is 5.82 Å². The van der Waals surface area contributed by atoms with Gasteiger partial charge in [-0.1, -0.05) is 5.16 Å². The van der Waals surface area contributed by atoms with Crippen molar-refractivity contribution in [3.05, 3.63) is 41.3 Å². The molecule has 9 nitrogen and oxygen atoms in total. The molecule has 2 fully saturated rings. The zero-order chi connectivity index (χ0) is 21.1. The van der Waals surface area contributed by atoms with Gasteiger partial charge in [-0.2, -0.15) is 4.98 Å². The van der Waals surface area contributed by atoms with Gasteiger partial charge < -0.3 is 19.1 Å². The fraction of sp³-hybridized carbons (Fsp3) is 0.571. The monoisotopic (exact) mass is 413 g/mol. The van der Waals surface area contributed by atoms with Crippen LogP contribution in [0, 0.1) is 12.8 Å². The second-order valence-corrected chi connectivity index (χ2v) is 8.04. The Morgan fingerprint density at radius 3 is 2.77 bits per heavy atom. The number of hydrogen-bond acceptors (Lipinski definition) is 7. The highest BCUT2D eigenvalue weighted by atomic mass is 16.5. The van der Waals surface area contributed by atoms with Crippen molar-refractivity contribution in [3.63, 3.8) is 0 Å². The Morgan fingerprint density at radius 2 is 2.03 bits per heavy atom. The lowest BCUT2D eigenvalue weighted by Gasteiger charge is -2.37. The van der Waals surface area contributed by atoms with Crippen molar-refractivity contribution in [2.75, 3.05) is 39.9 Å². The van der Waals surface area contributed by atoms with Gasteiger partial charge in [-0.15, -0.1) is 0 Å². The topological polar surface area (TPSA) is 102 Å². The molecule has 2 saturated heterocycles. The summed E-state index contributed by atoms with van der Waals surface area (Å²) in [5.74, 6) is 1.37. The maximum atomic E-state index is 12.6. The highest BCUT2D eigenvalue weighted by Crippen LogP contribution is 2.27. The predicted molar refractivity (Wildman–Crippen MR) is 107 cm³/mol. The van der Waals surface area contributed by atoms with Crippen LogP contribution in [0.15, 0.2) is 23.0 Å². The number of hydrogen-bond donors (Lipinski definition) is 0. The molecule has 2 aromatic heterocycles. The molecule has 0 saturated carbocycles. The molecule has 2 amide bonds. The summed E-state index contributed by atoms with van der Waals surface area (Å²) in [6.07, 6.45) is 5.39. The molecule has 0 aliphatic carbocycles. The molecule has 4 rings (SSSR count). The number of likely N-dealkylation sites (N-methyl/N-ethyl adjacent to an activating group) is 1. The number of likely N-dealkylation sites (tertiary alicyclic amines) is 1. The van der Waals surface area contributed by atoms with Crippen molar-refractivity contribution in [3.8, 4) is 0 Å². The summed E-state index contributed by atoms with van der Waals surface area (Å²) in [6, 6.07) is 1.83. The number of ether oxygens (including phenoxy) is 1. The Balaban J connectivity index is 1.25. The van der Waals surface area contributed by atoms with Crippen LogP contribution < -0.4 is 0 Å². The Hall–Kier alpha value is -2.81. The van der Waals surface area contributed by atoms with Crippen LogP contribution in [0.2, 0.25) is 0 Å². The van der Waals surface area contributed by atoms with E-state index in [-0.39, 0.29) is 23.7 Å². The second-order valence-electron chi connectivity index (χ2n) is 8.04. The molecular formula is C21H27N5O4. The molecule has 2 aliphatic rings. The van der Waals surface area contributed by atoms with E-state index in [0.717, 1.165) is 18.4 Å². The summed E-state index contributed by atoms with van der Waals surface area (Å²) >= 11 is 0. The summed E-state index contributed by atoms with van der Waals surface area (Å²) in [5.41, 5.74) is 1.54. The number of pyridine rings is 1. The first-order chi connectivity index (χ1) is 14.5. The maximum absolute atomic E-state index is 12.6. The zero-order valence-electron chi connectivity index (χ0n) is 17.4. The summed E-state index contributed by atoms with van der Waals surface area (Å²) in [4.78, 5) is 37.1. The third-order valence-corrected chi connectivity index (χ3v) is 5.89. The standard InChI is InChI=1S/C21H27N5O4/c1-14-3-7-22-11-17(14)21(28)26-12-16(13-26)19-23-18(24-30-19)4-8-25(2)20(27)15-5-9-29-10-6-15/h3,7,11,15-16H,4-6,8-10,12-13H2,1-2H3. The molecule has 0 radical (unpaired) electrons. The van der Waals surface area contributed by atoms with Gasteiger partial charge in [0.25, 0.3) is 5.91 Å². The van der Waals surface area contributed by atoms with Crippen LogP contribution in [0.3, 0.4) is 0 Å². The lowest BCUT2D eigenvalue weighted by Crippen LogP contribution is -2.48. The minimum absolute atomic E-state index is 0.0233. The average Bonchev–Trinajstić information content (AvgIpc) is 3.19. The van der Waals surface area contributed by atoms with Gasteiger partial charge in [0.05, 0.1) is 11.5 Å². The first-order valence-corrected chi connectivity index (χ1v) is 10.4. The van der Waals surface area contributed by atoms with E-state index in [1.165, 1.54) is 0 Å². The van der Waals surface area contributed by atoms with Crippen molar-refractivity contribution < 1.29 is 18.8 Å². The third-order valence-electron chi connectivity index (χ3n) is 5.89. The van der Waals surface area contributed by atoms with Crippen molar-refractivity contribution in [1.82, 2.24) is 24.9 Å². The van der Waals surface area contributed by atoms with E-state index < -0.39 is 0 Å². The summed E-state index contributed by atoms with van der Waals surface area (Å²) in [7, 11) is 1.81. The van der Waals surface area contributed by atoms with E-state index in [9.17, 15) is 9.59 Å². The number of carbonyl (C=O) groups excluding carboxylic acids is 2. The number of amides is 2. The molecule has 9 heteroatoms. The normalized spacial score (nSPS) is 17.6. The first-order valence-electron chi connectivity index (χ1n) is 10.4. The number of aromatic nitrogens is 3. The van der Waals surface area contributed by atoms with Gasteiger partial charge in [0.2, 0.25) is 11.8 Å². The van der Waals surface area contributed by atoms with Crippen molar-refractivity contribution in [1.29, 1.82) is 0 Å². The van der Waals surface area contributed by atoms with E-state index in [1.54, 1.807) is 22.2 Å². The highest BCUT2D eigenvalue weighted by molar-refractivity contribution is 5.95. The predicted octanol–water partition coefficient (Wildman–Crippen LogP) is 1.44. The van der Waals surface area contributed by atoms with Crippen LogP contribution in [-0.4, -0.2) is 76.6 Å². The third kappa shape index (κ3) is 4.35. The summed E-state index contributed by atoms with van der Waals surface area (Å²) in [6.45, 7) is 4.86. The van der Waals surface area contributed by atoms with Crippen molar-refractivity contribution >= 4 is 11.8 Å². The molecule has 2 aliphatic heterocycles. The van der Waals surface area contributed by atoms with Crippen LogP contribution in [0.5, 0.6) is 0 Å². The van der Waals surface area contributed by atoms with Gasteiger partial charge >= 0.3 is 0 Å². The summed E-state index contributed by atoms with van der Waals surface area (Å²) < 4.78 is 10.7. The first kappa shape index (κ1) is 20.5. The van der Waals surface area contributed by atoms with Crippen LogP contribution in [-0.2, 0) is 16.0 Å². The molecule has 160 valence electrons. The SMILES string of the molecule is Cc1ccncc1C(=O)N1CC(c2nc(CCN(C)C(=O)C3CCOCC3)no2)C1. The molecule has 2 aromatic rings. The zero-order valence-corrected chi connectivity index (χ0v) is 17.4. The Labute approximate surface area is 175 Å². The molecule has 0 spiro atoms. The van der Waals surface area contributed by atoms with Crippen LogP contribution in [0.1, 0.15) is 46.4 Å². The average molecular weight is 413 g/mol. The fourth-order valence-electron chi connectivity index (χ4n) is 3.83. The van der Waals surface area contributed by atoms with Crippen molar-refractivity contribution in [2.45, 2.75) is 32.1 Å². The minimum Gasteiger partial charge on any atom is -0.381 e. The lowest BCUT2D eigenvalue weighted by atomic mass is 9.98. The van der Waals surface area contributed by atoms with Crippen LogP contribution >= 0.6 is 0 Å². The van der Waals surface area contributed by atoms with E-state index >= 15 is 0 Å². The van der Waals surface area contributed by atoms with E-state index in [2.05, 4.69) is 15.1 Å². The number of nitrogens with zero attached hydrogens (tertiary/aromatic N) is 5. The molecular weight excluding hydrogens is 386 g/mol. The molecule has 0 atom stereocenters. The van der Waals surface area contributed by atoms with Crippen LogP contribution in [0.4, 0.5) is 0 Å². The fourth-order valence-corrected chi connectivity index (χ4v) is 3.83. The van der Waals surface area contributed by atoms with Gasteiger partial charge in [-0.05, 0) is 31.4 Å². The van der Waals surface area contributed by atoms with Gasteiger partial charge in [-0.3, -0.25) is 14.6 Å².